The first-order valence-corrected chi connectivity index (χ1v) is 4.25. The van der Waals surface area contributed by atoms with Crippen molar-refractivity contribution in [1.29, 1.82) is 0 Å². The van der Waals surface area contributed by atoms with Gasteiger partial charge < -0.3 is 10.2 Å². The molecule has 0 radical (unpaired) electrons. The minimum Gasteiger partial charge on any atom is -0.394 e. The van der Waals surface area contributed by atoms with Gasteiger partial charge in [0, 0.05) is 0 Å². The summed E-state index contributed by atoms with van der Waals surface area (Å²) < 4.78 is 29.3. The van der Waals surface area contributed by atoms with Crippen LogP contribution in [0.4, 0.5) is 0 Å². The number of hydrogen-bond acceptors (Lipinski definition) is 6. The van der Waals surface area contributed by atoms with Crippen molar-refractivity contribution in [3.63, 3.8) is 0 Å². The standard InChI is InChI=1S/C4H8O6S/c5-1-4-3(6)2-9-11(7,8)10-4/h3-6H,1-2H2/t3-,4+/m1/s1. The Morgan fingerprint density at radius 1 is 1.55 bits per heavy atom. The molecule has 6 nitrogen and oxygen atoms in total. The van der Waals surface area contributed by atoms with Crippen LogP contribution in [0.3, 0.4) is 0 Å². The molecule has 66 valence electrons. The Morgan fingerprint density at radius 3 is 2.64 bits per heavy atom. The van der Waals surface area contributed by atoms with Crippen molar-refractivity contribution < 1.29 is 27.0 Å². The highest BCUT2D eigenvalue weighted by molar-refractivity contribution is 7.81. The molecular weight excluding hydrogens is 176 g/mol. The minimum atomic E-state index is -4.00. The molecule has 2 atom stereocenters. The molecule has 0 aromatic heterocycles. The molecule has 1 saturated heterocycles. The van der Waals surface area contributed by atoms with Crippen LogP contribution in [0.15, 0.2) is 0 Å². The van der Waals surface area contributed by atoms with Crippen molar-refractivity contribution in [1.82, 2.24) is 0 Å². The Bertz CT molecular complexity index is 221. The zero-order chi connectivity index (χ0) is 8.48. The van der Waals surface area contributed by atoms with Gasteiger partial charge in [-0.15, -0.1) is 0 Å². The Kier molecular flexibility index (Phi) is 2.45. The number of hydrogen-bond donors (Lipinski definition) is 2. The molecule has 0 aliphatic carbocycles. The predicted octanol–water partition coefficient (Wildman–Crippen LogP) is -2.00. The van der Waals surface area contributed by atoms with E-state index in [0.717, 1.165) is 0 Å². The van der Waals surface area contributed by atoms with Crippen molar-refractivity contribution in [2.45, 2.75) is 12.2 Å². The van der Waals surface area contributed by atoms with Crippen LogP contribution in [0, 0.1) is 0 Å². The van der Waals surface area contributed by atoms with E-state index in [1.54, 1.807) is 0 Å². The molecule has 0 unspecified atom stereocenters. The lowest BCUT2D eigenvalue weighted by Gasteiger charge is -2.24. The maximum absolute atomic E-state index is 10.5. The van der Waals surface area contributed by atoms with Gasteiger partial charge >= 0.3 is 10.4 Å². The van der Waals surface area contributed by atoms with Crippen LogP contribution in [0.5, 0.6) is 0 Å². The normalized spacial score (nSPS) is 36.9. The summed E-state index contributed by atoms with van der Waals surface area (Å²) >= 11 is 0. The van der Waals surface area contributed by atoms with Gasteiger partial charge in [0.2, 0.25) is 0 Å². The molecule has 7 heteroatoms. The second-order valence-electron chi connectivity index (χ2n) is 2.08. The maximum atomic E-state index is 10.5. The minimum absolute atomic E-state index is 0.367. The molecular formula is C4H8O6S. The predicted molar refractivity (Wildman–Crippen MR) is 32.8 cm³/mol. The lowest BCUT2D eigenvalue weighted by atomic mass is 10.2. The van der Waals surface area contributed by atoms with E-state index in [-0.39, 0.29) is 6.61 Å². The zero-order valence-electron chi connectivity index (χ0n) is 5.50. The topological polar surface area (TPSA) is 93.1 Å². The SMILES string of the molecule is O=S1(=O)OC[C@@H](O)[C@H](CO)O1. The number of rotatable bonds is 1. The number of aliphatic hydroxyl groups is 2. The van der Waals surface area contributed by atoms with Crippen molar-refractivity contribution in [2.75, 3.05) is 13.2 Å². The van der Waals surface area contributed by atoms with Crippen LogP contribution in [0.1, 0.15) is 0 Å². The molecule has 1 aliphatic heterocycles. The quantitative estimate of drug-likeness (QED) is 0.489. The van der Waals surface area contributed by atoms with Gasteiger partial charge in [-0.05, 0) is 0 Å². The van der Waals surface area contributed by atoms with E-state index in [4.69, 9.17) is 10.2 Å². The van der Waals surface area contributed by atoms with Gasteiger partial charge in [0.15, 0.2) is 0 Å². The Labute approximate surface area is 63.7 Å². The van der Waals surface area contributed by atoms with E-state index in [2.05, 4.69) is 8.37 Å². The third-order valence-corrected chi connectivity index (χ3v) is 2.14. The average molecular weight is 184 g/mol. The lowest BCUT2D eigenvalue weighted by molar-refractivity contribution is -0.0536. The fraction of sp³-hybridized carbons (Fsp3) is 1.00. The molecule has 0 aromatic carbocycles. The Morgan fingerprint density at radius 2 is 2.18 bits per heavy atom. The Balaban J connectivity index is 2.66. The van der Waals surface area contributed by atoms with Crippen LogP contribution >= 0.6 is 0 Å². The summed E-state index contributed by atoms with van der Waals surface area (Å²) in [4.78, 5) is 0. The summed E-state index contributed by atoms with van der Waals surface area (Å²) in [6.45, 7) is -0.919. The lowest BCUT2D eigenvalue weighted by Crippen LogP contribution is -2.43. The monoisotopic (exact) mass is 184 g/mol. The van der Waals surface area contributed by atoms with Gasteiger partial charge in [0.1, 0.15) is 12.2 Å². The van der Waals surface area contributed by atoms with Gasteiger partial charge in [0.25, 0.3) is 0 Å². The summed E-state index contributed by atoms with van der Waals surface area (Å²) in [7, 11) is -4.00. The van der Waals surface area contributed by atoms with Gasteiger partial charge in [-0.2, -0.15) is 8.42 Å². The average Bonchev–Trinajstić information content (AvgIpc) is 1.94. The molecule has 11 heavy (non-hydrogen) atoms. The van der Waals surface area contributed by atoms with Crippen molar-refractivity contribution in [3.8, 4) is 0 Å². The fourth-order valence-corrected chi connectivity index (χ4v) is 1.51. The molecule has 1 rings (SSSR count). The van der Waals surface area contributed by atoms with Gasteiger partial charge in [-0.25, -0.2) is 8.37 Å². The molecule has 0 bridgehead atoms. The molecule has 0 aromatic rings. The third kappa shape index (κ3) is 2.11. The van der Waals surface area contributed by atoms with E-state index >= 15 is 0 Å². The second kappa shape index (κ2) is 3.03. The highest BCUT2D eigenvalue weighted by Gasteiger charge is 2.33. The molecule has 1 aliphatic rings. The van der Waals surface area contributed by atoms with Crippen LogP contribution in [0.25, 0.3) is 0 Å². The smallest absolute Gasteiger partial charge is 0.394 e. The van der Waals surface area contributed by atoms with E-state index in [0.29, 0.717) is 0 Å². The summed E-state index contributed by atoms with van der Waals surface area (Å²) in [5.74, 6) is 0. The molecule has 2 N–H and O–H groups in total. The molecule has 0 saturated carbocycles. The van der Waals surface area contributed by atoms with E-state index in [1.165, 1.54) is 0 Å². The molecule has 1 fully saturated rings. The summed E-state index contributed by atoms with van der Waals surface area (Å²) in [5, 5.41) is 17.4. The first-order chi connectivity index (χ1) is 5.05. The van der Waals surface area contributed by atoms with Crippen LogP contribution in [-0.2, 0) is 18.8 Å². The van der Waals surface area contributed by atoms with E-state index < -0.39 is 29.2 Å². The largest absolute Gasteiger partial charge is 0.400 e. The van der Waals surface area contributed by atoms with Crippen molar-refractivity contribution >= 4 is 10.4 Å². The molecule has 0 amide bonds. The van der Waals surface area contributed by atoms with Gasteiger partial charge in [-0.3, -0.25) is 0 Å². The highest BCUT2D eigenvalue weighted by Crippen LogP contribution is 2.13. The zero-order valence-corrected chi connectivity index (χ0v) is 6.32. The summed E-state index contributed by atoms with van der Waals surface area (Å²) in [6.07, 6.45) is -2.20. The molecule has 1 heterocycles. The maximum Gasteiger partial charge on any atom is 0.400 e. The van der Waals surface area contributed by atoms with Gasteiger partial charge in [-0.1, -0.05) is 0 Å². The first kappa shape index (κ1) is 8.88. The van der Waals surface area contributed by atoms with Crippen LogP contribution < -0.4 is 0 Å². The molecule has 0 spiro atoms. The number of aliphatic hydroxyl groups excluding tert-OH is 2. The van der Waals surface area contributed by atoms with Crippen LogP contribution in [0.2, 0.25) is 0 Å². The van der Waals surface area contributed by atoms with E-state index in [9.17, 15) is 8.42 Å². The van der Waals surface area contributed by atoms with Crippen molar-refractivity contribution in [2.24, 2.45) is 0 Å². The van der Waals surface area contributed by atoms with E-state index in [1.807, 2.05) is 0 Å². The fourth-order valence-electron chi connectivity index (χ4n) is 0.656. The summed E-state index contributed by atoms with van der Waals surface area (Å²) in [5.41, 5.74) is 0. The first-order valence-electron chi connectivity index (χ1n) is 2.92. The summed E-state index contributed by atoms with van der Waals surface area (Å²) in [6, 6.07) is 0. The Hall–Kier alpha value is -0.210. The second-order valence-corrected chi connectivity index (χ2v) is 3.32. The van der Waals surface area contributed by atoms with Crippen LogP contribution in [-0.4, -0.2) is 44.1 Å². The van der Waals surface area contributed by atoms with Crippen molar-refractivity contribution in [3.05, 3.63) is 0 Å². The van der Waals surface area contributed by atoms with Gasteiger partial charge in [0.05, 0.1) is 13.2 Å². The highest BCUT2D eigenvalue weighted by atomic mass is 32.3. The third-order valence-electron chi connectivity index (χ3n) is 1.23.